The van der Waals surface area contributed by atoms with E-state index in [1.165, 1.54) is 14.2 Å². The fourth-order valence-electron chi connectivity index (χ4n) is 2.40. The molecule has 0 spiro atoms. The number of carbonyl (C=O) groups is 2. The molecule has 0 fully saturated rings. The molecule has 0 amide bonds. The topological polar surface area (TPSA) is 93.1 Å². The average molecular weight is 266 g/mol. The fourth-order valence-corrected chi connectivity index (χ4v) is 2.40. The Labute approximate surface area is 109 Å². The van der Waals surface area contributed by atoms with Gasteiger partial charge in [0, 0.05) is 0 Å². The van der Waals surface area contributed by atoms with E-state index in [0.717, 1.165) is 0 Å². The molecular weight excluding hydrogens is 252 g/mol. The van der Waals surface area contributed by atoms with Gasteiger partial charge in [-0.05, 0) is 36.1 Å². The first-order chi connectivity index (χ1) is 8.94. The van der Waals surface area contributed by atoms with Gasteiger partial charge in [0.05, 0.1) is 14.2 Å². The highest BCUT2D eigenvalue weighted by Gasteiger charge is 2.51. The van der Waals surface area contributed by atoms with Crippen molar-refractivity contribution in [2.75, 3.05) is 14.2 Å². The summed E-state index contributed by atoms with van der Waals surface area (Å²) < 4.78 is 10.3. The summed E-state index contributed by atoms with van der Waals surface area (Å²) in [5.41, 5.74) is -0.454. The quantitative estimate of drug-likeness (QED) is 0.788. The van der Waals surface area contributed by atoms with Crippen LogP contribution in [0.1, 0.15) is 11.1 Å². The lowest BCUT2D eigenvalue weighted by atomic mass is 9.85. The van der Waals surface area contributed by atoms with Gasteiger partial charge < -0.3 is 19.7 Å². The third kappa shape index (κ3) is 1.89. The number of hydrogen-bond acceptors (Lipinski definition) is 4. The maximum Gasteiger partial charge on any atom is 0.321 e. The lowest BCUT2D eigenvalue weighted by molar-refractivity contribution is -0.163. The van der Waals surface area contributed by atoms with Crippen molar-refractivity contribution in [3.63, 3.8) is 0 Å². The number of fused-ring (bicyclic) bond motifs is 1. The molecule has 102 valence electrons. The maximum absolute atomic E-state index is 11.3. The molecule has 19 heavy (non-hydrogen) atoms. The highest BCUT2D eigenvalue weighted by Crippen LogP contribution is 2.42. The summed E-state index contributed by atoms with van der Waals surface area (Å²) in [6.45, 7) is 0. The molecule has 0 bridgehead atoms. The zero-order chi connectivity index (χ0) is 14.2. The van der Waals surface area contributed by atoms with E-state index in [2.05, 4.69) is 0 Å². The summed E-state index contributed by atoms with van der Waals surface area (Å²) >= 11 is 0. The van der Waals surface area contributed by atoms with Crippen molar-refractivity contribution < 1.29 is 29.3 Å². The summed E-state index contributed by atoms with van der Waals surface area (Å²) in [7, 11) is 2.95. The molecule has 0 unspecified atom stereocenters. The summed E-state index contributed by atoms with van der Waals surface area (Å²) in [4.78, 5) is 22.6. The molecule has 0 radical (unpaired) electrons. The molecular formula is C13H14O6. The van der Waals surface area contributed by atoms with Crippen molar-refractivity contribution in [2.24, 2.45) is 5.41 Å². The predicted octanol–water partition coefficient (Wildman–Crippen LogP) is 0.958. The lowest BCUT2D eigenvalue weighted by Gasteiger charge is -2.17. The molecule has 0 saturated carbocycles. The van der Waals surface area contributed by atoms with E-state index < -0.39 is 17.4 Å². The molecule has 1 aliphatic carbocycles. The number of carboxylic acids is 2. The number of ether oxygens (including phenoxy) is 2. The Kier molecular flexibility index (Phi) is 3.09. The number of aliphatic carboxylic acids is 2. The lowest BCUT2D eigenvalue weighted by Crippen LogP contribution is -2.40. The van der Waals surface area contributed by atoms with Crippen LogP contribution in [0.25, 0.3) is 0 Å². The Morgan fingerprint density at radius 3 is 1.63 bits per heavy atom. The van der Waals surface area contributed by atoms with Crippen molar-refractivity contribution in [1.29, 1.82) is 0 Å². The molecule has 6 heteroatoms. The van der Waals surface area contributed by atoms with Crippen molar-refractivity contribution in [3.8, 4) is 11.5 Å². The van der Waals surface area contributed by atoms with Gasteiger partial charge in [0.1, 0.15) is 0 Å². The first kappa shape index (κ1) is 13.2. The molecule has 2 N–H and O–H groups in total. The summed E-state index contributed by atoms with van der Waals surface area (Å²) in [6.07, 6.45) is -0.0965. The van der Waals surface area contributed by atoms with Gasteiger partial charge in [-0.1, -0.05) is 0 Å². The van der Waals surface area contributed by atoms with Gasteiger partial charge in [-0.15, -0.1) is 0 Å². The smallest absolute Gasteiger partial charge is 0.321 e. The third-order valence-corrected chi connectivity index (χ3v) is 3.51. The molecule has 6 nitrogen and oxygen atoms in total. The summed E-state index contributed by atoms with van der Waals surface area (Å²) in [5.74, 6) is -1.72. The van der Waals surface area contributed by atoms with E-state index in [-0.39, 0.29) is 12.8 Å². The number of methoxy groups -OCH3 is 2. The highest BCUT2D eigenvalue weighted by molar-refractivity contribution is 5.99. The zero-order valence-corrected chi connectivity index (χ0v) is 10.6. The van der Waals surface area contributed by atoms with Crippen LogP contribution in [-0.2, 0) is 22.4 Å². The van der Waals surface area contributed by atoms with Crippen LogP contribution >= 0.6 is 0 Å². The van der Waals surface area contributed by atoms with E-state index >= 15 is 0 Å². The number of benzene rings is 1. The first-order valence-electron chi connectivity index (χ1n) is 5.65. The Morgan fingerprint density at radius 2 is 1.37 bits per heavy atom. The Hall–Kier alpha value is -2.24. The van der Waals surface area contributed by atoms with E-state index in [1.54, 1.807) is 12.1 Å². The first-order valence-corrected chi connectivity index (χ1v) is 5.65. The van der Waals surface area contributed by atoms with Crippen LogP contribution in [0.4, 0.5) is 0 Å². The maximum atomic E-state index is 11.3. The van der Waals surface area contributed by atoms with Crippen LogP contribution in [-0.4, -0.2) is 36.4 Å². The van der Waals surface area contributed by atoms with Crippen LogP contribution in [0.5, 0.6) is 11.5 Å². The van der Waals surface area contributed by atoms with Crippen molar-refractivity contribution in [1.82, 2.24) is 0 Å². The van der Waals surface area contributed by atoms with Crippen molar-refractivity contribution in [2.45, 2.75) is 12.8 Å². The SMILES string of the molecule is COc1cc2c(cc1OC)CC(C(=O)O)(C(=O)O)C2. The number of hydrogen-bond donors (Lipinski definition) is 2. The van der Waals surface area contributed by atoms with Gasteiger partial charge in [0.2, 0.25) is 0 Å². The van der Waals surface area contributed by atoms with Gasteiger partial charge in [0.25, 0.3) is 0 Å². The van der Waals surface area contributed by atoms with Gasteiger partial charge in [-0.3, -0.25) is 9.59 Å². The van der Waals surface area contributed by atoms with E-state index in [1.807, 2.05) is 0 Å². The monoisotopic (exact) mass is 266 g/mol. The van der Waals surface area contributed by atoms with Crippen LogP contribution in [0.3, 0.4) is 0 Å². The molecule has 0 aliphatic heterocycles. The van der Waals surface area contributed by atoms with E-state index in [4.69, 9.17) is 9.47 Å². The van der Waals surface area contributed by atoms with E-state index in [0.29, 0.717) is 22.6 Å². The van der Waals surface area contributed by atoms with Gasteiger partial charge in [-0.25, -0.2) is 0 Å². The minimum atomic E-state index is -1.79. The van der Waals surface area contributed by atoms with Crippen LogP contribution in [0.15, 0.2) is 12.1 Å². The van der Waals surface area contributed by atoms with Crippen molar-refractivity contribution in [3.05, 3.63) is 23.3 Å². The van der Waals surface area contributed by atoms with Crippen LogP contribution < -0.4 is 9.47 Å². The van der Waals surface area contributed by atoms with Crippen LogP contribution in [0, 0.1) is 5.41 Å². The molecule has 1 aromatic carbocycles. The second-order valence-corrected chi connectivity index (χ2v) is 4.52. The number of carboxylic acid groups (broad SMARTS) is 2. The second kappa shape index (κ2) is 4.46. The molecule has 0 saturated heterocycles. The van der Waals surface area contributed by atoms with Gasteiger partial charge >= 0.3 is 11.9 Å². The Bertz CT molecular complexity index is 499. The molecule has 1 aliphatic rings. The summed E-state index contributed by atoms with van der Waals surface area (Å²) in [6, 6.07) is 3.28. The molecule has 0 heterocycles. The van der Waals surface area contributed by atoms with Crippen molar-refractivity contribution >= 4 is 11.9 Å². The predicted molar refractivity (Wildman–Crippen MR) is 64.7 cm³/mol. The molecule has 2 rings (SSSR count). The summed E-state index contributed by atoms with van der Waals surface area (Å²) in [5, 5.41) is 18.4. The minimum absolute atomic E-state index is 0.0483. The third-order valence-electron chi connectivity index (χ3n) is 3.51. The second-order valence-electron chi connectivity index (χ2n) is 4.52. The number of rotatable bonds is 4. The Balaban J connectivity index is 2.49. The minimum Gasteiger partial charge on any atom is -0.493 e. The molecule has 1 aromatic rings. The normalized spacial score (nSPS) is 15.7. The Morgan fingerprint density at radius 1 is 1.00 bits per heavy atom. The highest BCUT2D eigenvalue weighted by atomic mass is 16.5. The average Bonchev–Trinajstić information content (AvgIpc) is 2.76. The standard InChI is InChI=1S/C13H14O6/c1-18-9-3-7-5-13(11(14)15,12(16)17)6-8(7)4-10(9)19-2/h3-4H,5-6H2,1-2H3,(H,14,15)(H,16,17). The van der Waals surface area contributed by atoms with E-state index in [9.17, 15) is 19.8 Å². The van der Waals surface area contributed by atoms with Gasteiger partial charge in [0.15, 0.2) is 16.9 Å². The zero-order valence-electron chi connectivity index (χ0n) is 10.6. The van der Waals surface area contributed by atoms with Crippen LogP contribution in [0.2, 0.25) is 0 Å². The fraction of sp³-hybridized carbons (Fsp3) is 0.385. The molecule has 0 aromatic heterocycles. The molecule has 0 atom stereocenters. The van der Waals surface area contributed by atoms with Gasteiger partial charge in [-0.2, -0.15) is 0 Å². The largest absolute Gasteiger partial charge is 0.493 e.